The van der Waals surface area contributed by atoms with E-state index >= 15 is 0 Å². The average Bonchev–Trinajstić information content (AvgIpc) is 1.95. The summed E-state index contributed by atoms with van der Waals surface area (Å²) in [6.07, 6.45) is -1.05. The Bertz CT molecular complexity index is 163. The Morgan fingerprint density at radius 1 is 1.36 bits per heavy atom. The first-order valence-electron chi connectivity index (χ1n) is 5.33. The quantitative estimate of drug-likeness (QED) is 0.733. The molecule has 14 heavy (non-hydrogen) atoms. The summed E-state index contributed by atoms with van der Waals surface area (Å²) in [5, 5.41) is 3.16. The van der Waals surface area contributed by atoms with E-state index in [-0.39, 0.29) is 12.5 Å². The van der Waals surface area contributed by atoms with Gasteiger partial charge < -0.3 is 5.32 Å². The predicted octanol–water partition coefficient (Wildman–Crippen LogP) is 3.11. The molecular weight excluding hydrogens is 191 g/mol. The standard InChI is InChI=1S/C10H18F3N/c1-2-14-9(8-4-3-5-8)6-7-10(11,12)13/h8-9,14H,2-7H2,1H3. The Labute approximate surface area is 83.1 Å². The van der Waals surface area contributed by atoms with Gasteiger partial charge in [0.15, 0.2) is 0 Å². The summed E-state index contributed by atoms with van der Waals surface area (Å²) >= 11 is 0. The van der Waals surface area contributed by atoms with Crippen molar-refractivity contribution in [2.45, 2.75) is 51.2 Å². The van der Waals surface area contributed by atoms with Gasteiger partial charge in [-0.15, -0.1) is 0 Å². The number of halogens is 3. The predicted molar refractivity (Wildman–Crippen MR) is 50.1 cm³/mol. The van der Waals surface area contributed by atoms with Crippen molar-refractivity contribution in [1.29, 1.82) is 0 Å². The maximum absolute atomic E-state index is 12.0. The molecule has 1 unspecified atom stereocenters. The minimum atomic E-state index is -4.00. The lowest BCUT2D eigenvalue weighted by Crippen LogP contribution is -2.40. The van der Waals surface area contributed by atoms with E-state index in [1.807, 2.05) is 6.92 Å². The first-order valence-corrected chi connectivity index (χ1v) is 5.33. The summed E-state index contributed by atoms with van der Waals surface area (Å²) in [7, 11) is 0. The molecule has 1 atom stereocenters. The molecule has 1 nitrogen and oxygen atoms in total. The molecule has 1 N–H and O–H groups in total. The van der Waals surface area contributed by atoms with Crippen LogP contribution in [0.2, 0.25) is 0 Å². The average molecular weight is 209 g/mol. The van der Waals surface area contributed by atoms with E-state index in [2.05, 4.69) is 5.32 Å². The molecule has 1 saturated carbocycles. The molecule has 0 aromatic rings. The summed E-state index contributed by atoms with van der Waals surface area (Å²) in [6, 6.07) is 0.0791. The molecular formula is C10H18F3N. The molecule has 0 saturated heterocycles. The molecule has 0 aliphatic heterocycles. The molecule has 4 heteroatoms. The van der Waals surface area contributed by atoms with Gasteiger partial charge in [-0.2, -0.15) is 13.2 Å². The highest BCUT2D eigenvalue weighted by Gasteiger charge is 2.32. The minimum Gasteiger partial charge on any atom is -0.314 e. The van der Waals surface area contributed by atoms with Gasteiger partial charge in [-0.3, -0.25) is 0 Å². The van der Waals surface area contributed by atoms with Gasteiger partial charge in [0.05, 0.1) is 0 Å². The molecule has 1 aliphatic carbocycles. The summed E-state index contributed by atoms with van der Waals surface area (Å²) in [5.41, 5.74) is 0. The highest BCUT2D eigenvalue weighted by Crippen LogP contribution is 2.33. The van der Waals surface area contributed by atoms with Crippen molar-refractivity contribution in [2.24, 2.45) is 5.92 Å². The normalized spacial score (nSPS) is 20.6. The Morgan fingerprint density at radius 2 is 2.00 bits per heavy atom. The Hall–Kier alpha value is -0.250. The number of nitrogens with one attached hydrogen (secondary N) is 1. The second kappa shape index (κ2) is 5.01. The molecule has 0 amide bonds. The van der Waals surface area contributed by atoms with Gasteiger partial charge in [-0.05, 0) is 31.7 Å². The van der Waals surface area contributed by atoms with Crippen molar-refractivity contribution in [3.8, 4) is 0 Å². The van der Waals surface area contributed by atoms with E-state index in [1.165, 1.54) is 6.42 Å². The van der Waals surface area contributed by atoms with E-state index in [9.17, 15) is 13.2 Å². The van der Waals surface area contributed by atoms with Gasteiger partial charge in [-0.25, -0.2) is 0 Å². The Balaban J connectivity index is 2.27. The zero-order valence-electron chi connectivity index (χ0n) is 8.53. The Morgan fingerprint density at radius 3 is 2.36 bits per heavy atom. The van der Waals surface area contributed by atoms with Crippen LogP contribution in [-0.2, 0) is 0 Å². The van der Waals surface area contributed by atoms with Crippen LogP contribution in [0.1, 0.15) is 39.0 Å². The van der Waals surface area contributed by atoms with Crippen LogP contribution >= 0.6 is 0 Å². The van der Waals surface area contributed by atoms with Gasteiger partial charge >= 0.3 is 6.18 Å². The van der Waals surface area contributed by atoms with Crippen molar-refractivity contribution in [2.75, 3.05) is 6.54 Å². The van der Waals surface area contributed by atoms with Crippen molar-refractivity contribution in [3.63, 3.8) is 0 Å². The van der Waals surface area contributed by atoms with Crippen molar-refractivity contribution >= 4 is 0 Å². The fraction of sp³-hybridized carbons (Fsp3) is 1.00. The lowest BCUT2D eigenvalue weighted by Gasteiger charge is -2.34. The molecule has 0 aromatic heterocycles. The molecule has 1 rings (SSSR count). The lowest BCUT2D eigenvalue weighted by atomic mass is 9.78. The maximum atomic E-state index is 12.0. The summed E-state index contributed by atoms with van der Waals surface area (Å²) in [5.74, 6) is 0.484. The zero-order chi connectivity index (χ0) is 10.6. The molecule has 0 spiro atoms. The van der Waals surface area contributed by atoms with Crippen LogP contribution in [-0.4, -0.2) is 18.8 Å². The molecule has 0 bridgehead atoms. The van der Waals surface area contributed by atoms with Crippen LogP contribution in [0, 0.1) is 5.92 Å². The SMILES string of the molecule is CCNC(CCC(F)(F)F)C1CCC1. The maximum Gasteiger partial charge on any atom is 0.389 e. The molecule has 84 valence electrons. The Kier molecular flexibility index (Phi) is 4.23. The van der Waals surface area contributed by atoms with E-state index in [0.717, 1.165) is 19.4 Å². The third-order valence-electron chi connectivity index (χ3n) is 2.92. The van der Waals surface area contributed by atoms with Crippen LogP contribution in [0.4, 0.5) is 13.2 Å². The molecule has 0 radical (unpaired) electrons. The smallest absolute Gasteiger partial charge is 0.314 e. The summed E-state index contributed by atoms with van der Waals surface area (Å²) < 4.78 is 36.0. The molecule has 0 heterocycles. The van der Waals surface area contributed by atoms with Gasteiger partial charge in [0.2, 0.25) is 0 Å². The van der Waals surface area contributed by atoms with Gasteiger partial charge in [-0.1, -0.05) is 13.3 Å². The monoisotopic (exact) mass is 209 g/mol. The fourth-order valence-corrected chi connectivity index (χ4v) is 1.93. The van der Waals surface area contributed by atoms with Crippen molar-refractivity contribution < 1.29 is 13.2 Å². The number of alkyl halides is 3. The number of hydrogen-bond acceptors (Lipinski definition) is 1. The zero-order valence-corrected chi connectivity index (χ0v) is 8.53. The summed E-state index contributed by atoms with van der Waals surface area (Å²) in [4.78, 5) is 0. The first kappa shape index (κ1) is 11.8. The van der Waals surface area contributed by atoms with Crippen LogP contribution in [0.3, 0.4) is 0 Å². The molecule has 1 fully saturated rings. The number of hydrogen-bond donors (Lipinski definition) is 1. The molecule has 1 aliphatic rings. The third kappa shape index (κ3) is 3.86. The van der Waals surface area contributed by atoms with Gasteiger partial charge in [0.25, 0.3) is 0 Å². The highest BCUT2D eigenvalue weighted by atomic mass is 19.4. The van der Waals surface area contributed by atoms with E-state index in [0.29, 0.717) is 5.92 Å². The summed E-state index contributed by atoms with van der Waals surface area (Å²) in [6.45, 7) is 2.71. The topological polar surface area (TPSA) is 12.0 Å². The largest absolute Gasteiger partial charge is 0.389 e. The minimum absolute atomic E-state index is 0.0791. The van der Waals surface area contributed by atoms with Crippen LogP contribution < -0.4 is 5.32 Å². The van der Waals surface area contributed by atoms with Crippen LogP contribution in [0.5, 0.6) is 0 Å². The van der Waals surface area contributed by atoms with Gasteiger partial charge in [0.1, 0.15) is 0 Å². The van der Waals surface area contributed by atoms with Crippen LogP contribution in [0.25, 0.3) is 0 Å². The van der Waals surface area contributed by atoms with Gasteiger partial charge in [0, 0.05) is 12.5 Å². The van der Waals surface area contributed by atoms with Crippen LogP contribution in [0.15, 0.2) is 0 Å². The number of rotatable bonds is 5. The third-order valence-corrected chi connectivity index (χ3v) is 2.92. The molecule has 0 aromatic carbocycles. The van der Waals surface area contributed by atoms with E-state index in [1.54, 1.807) is 0 Å². The highest BCUT2D eigenvalue weighted by molar-refractivity contribution is 4.82. The lowest BCUT2D eigenvalue weighted by molar-refractivity contribution is -0.137. The van der Waals surface area contributed by atoms with E-state index in [4.69, 9.17) is 0 Å². The second-order valence-electron chi connectivity index (χ2n) is 4.01. The first-order chi connectivity index (χ1) is 6.53. The van der Waals surface area contributed by atoms with Crippen molar-refractivity contribution in [3.05, 3.63) is 0 Å². The fourth-order valence-electron chi connectivity index (χ4n) is 1.93. The second-order valence-corrected chi connectivity index (χ2v) is 4.01. The van der Waals surface area contributed by atoms with Crippen molar-refractivity contribution in [1.82, 2.24) is 5.32 Å². The van der Waals surface area contributed by atoms with E-state index < -0.39 is 12.6 Å².